The fourth-order valence-electron chi connectivity index (χ4n) is 3.59. The van der Waals surface area contributed by atoms with E-state index < -0.39 is 0 Å². The first-order chi connectivity index (χ1) is 14.0. The summed E-state index contributed by atoms with van der Waals surface area (Å²) in [6.07, 6.45) is 3.32. The molecule has 0 radical (unpaired) electrons. The molecule has 0 atom stereocenters. The van der Waals surface area contributed by atoms with Crippen LogP contribution in [0.15, 0.2) is 67.0 Å². The molecule has 146 valence electrons. The summed E-state index contributed by atoms with van der Waals surface area (Å²) >= 11 is 6.03. The maximum atomic E-state index is 13.0. The molecule has 0 saturated heterocycles. The van der Waals surface area contributed by atoms with Gasteiger partial charge in [-0.25, -0.2) is 0 Å². The van der Waals surface area contributed by atoms with Gasteiger partial charge in [0.05, 0.1) is 17.7 Å². The fourth-order valence-corrected chi connectivity index (χ4v) is 3.72. The van der Waals surface area contributed by atoms with Crippen molar-refractivity contribution in [3.05, 3.63) is 88.7 Å². The third-order valence-corrected chi connectivity index (χ3v) is 5.17. The Morgan fingerprint density at radius 2 is 1.66 bits per heavy atom. The van der Waals surface area contributed by atoms with Gasteiger partial charge in [-0.2, -0.15) is 0 Å². The van der Waals surface area contributed by atoms with Crippen LogP contribution in [0.4, 0.5) is 11.4 Å². The first-order valence-corrected chi connectivity index (χ1v) is 9.77. The molecule has 1 aliphatic rings. The van der Waals surface area contributed by atoms with Gasteiger partial charge in [0.2, 0.25) is 0 Å². The highest BCUT2D eigenvalue weighted by Gasteiger charge is 2.36. The molecule has 0 unspecified atom stereocenters. The zero-order chi connectivity index (χ0) is 20.5. The van der Waals surface area contributed by atoms with Crippen molar-refractivity contribution >= 4 is 34.8 Å². The minimum Gasteiger partial charge on any atom is -0.339 e. The van der Waals surface area contributed by atoms with Gasteiger partial charge in [-0.05, 0) is 67.9 Å². The number of pyridine rings is 1. The molecule has 0 saturated carbocycles. The summed E-state index contributed by atoms with van der Waals surface area (Å²) in [5.74, 6) is -0.557. The molecule has 2 heterocycles. The number of fused-ring (bicyclic) bond motifs is 1. The van der Waals surface area contributed by atoms with Gasteiger partial charge in [0.1, 0.15) is 0 Å². The highest BCUT2D eigenvalue weighted by Crippen LogP contribution is 2.33. The number of anilines is 2. The summed E-state index contributed by atoms with van der Waals surface area (Å²) < 4.78 is 0. The Morgan fingerprint density at radius 1 is 0.966 bits per heavy atom. The van der Waals surface area contributed by atoms with E-state index in [-0.39, 0.29) is 24.4 Å². The smallest absolute Gasteiger partial charge is 0.261 e. The van der Waals surface area contributed by atoms with Gasteiger partial charge in [-0.1, -0.05) is 17.7 Å². The van der Waals surface area contributed by atoms with Crippen molar-refractivity contribution in [2.24, 2.45) is 0 Å². The van der Waals surface area contributed by atoms with E-state index in [0.29, 0.717) is 16.1 Å². The van der Waals surface area contributed by atoms with Crippen LogP contribution in [0, 0.1) is 0 Å². The van der Waals surface area contributed by atoms with Crippen LogP contribution in [-0.4, -0.2) is 27.7 Å². The van der Waals surface area contributed by atoms with Gasteiger partial charge in [0, 0.05) is 34.8 Å². The van der Waals surface area contributed by atoms with Gasteiger partial charge < -0.3 is 4.90 Å². The first-order valence-electron chi connectivity index (χ1n) is 9.39. The predicted octanol–water partition coefficient (Wildman–Crippen LogP) is 5.08. The lowest BCUT2D eigenvalue weighted by molar-refractivity contribution is 0.0642. The molecule has 2 aromatic carbocycles. The summed E-state index contributed by atoms with van der Waals surface area (Å²) in [4.78, 5) is 33.2. The number of amides is 2. The van der Waals surface area contributed by atoms with Crippen LogP contribution in [0.25, 0.3) is 0 Å². The quantitative estimate of drug-likeness (QED) is 0.555. The molecular weight excluding hydrogens is 386 g/mol. The standard InChI is InChI=1S/C23H20ClN3O2/c1-15(2)27(18-7-5-17(24)6-8-18)19-9-10-20-21(12-19)23(29)26(22(20)28)14-16-4-3-11-25-13-16/h3-13,15H,14H2,1-2H3. The van der Waals surface area contributed by atoms with Gasteiger partial charge in [0.15, 0.2) is 0 Å². The molecule has 0 N–H and O–H groups in total. The number of imide groups is 1. The average Bonchev–Trinajstić information content (AvgIpc) is 2.95. The van der Waals surface area contributed by atoms with Gasteiger partial charge in [0.25, 0.3) is 11.8 Å². The second-order valence-electron chi connectivity index (χ2n) is 7.23. The zero-order valence-corrected chi connectivity index (χ0v) is 16.9. The van der Waals surface area contributed by atoms with Crippen molar-refractivity contribution in [1.82, 2.24) is 9.88 Å². The van der Waals surface area contributed by atoms with E-state index in [1.54, 1.807) is 30.6 Å². The summed E-state index contributed by atoms with van der Waals surface area (Å²) in [6, 6.07) is 16.8. The van der Waals surface area contributed by atoms with E-state index in [0.717, 1.165) is 16.9 Å². The monoisotopic (exact) mass is 405 g/mol. The maximum Gasteiger partial charge on any atom is 0.261 e. The number of hydrogen-bond acceptors (Lipinski definition) is 4. The fraction of sp³-hybridized carbons (Fsp3) is 0.174. The number of carbonyl (C=O) groups excluding carboxylic acids is 2. The lowest BCUT2D eigenvalue weighted by Gasteiger charge is -2.29. The number of benzene rings is 2. The molecule has 0 aliphatic carbocycles. The van der Waals surface area contributed by atoms with Crippen molar-refractivity contribution in [2.75, 3.05) is 4.90 Å². The van der Waals surface area contributed by atoms with Crippen LogP contribution < -0.4 is 4.90 Å². The van der Waals surface area contributed by atoms with E-state index in [2.05, 4.69) is 23.7 Å². The third-order valence-electron chi connectivity index (χ3n) is 4.92. The topological polar surface area (TPSA) is 53.5 Å². The SMILES string of the molecule is CC(C)N(c1ccc(Cl)cc1)c1ccc2c(c1)C(=O)N(Cc1cccnc1)C2=O. The first kappa shape index (κ1) is 19.2. The van der Waals surface area contributed by atoms with Crippen LogP contribution >= 0.6 is 11.6 Å². The number of nitrogens with zero attached hydrogens (tertiary/aromatic N) is 3. The Labute approximate surface area is 174 Å². The number of hydrogen-bond donors (Lipinski definition) is 0. The molecule has 0 fully saturated rings. The Balaban J connectivity index is 1.68. The van der Waals surface area contributed by atoms with E-state index >= 15 is 0 Å². The van der Waals surface area contributed by atoms with Crippen molar-refractivity contribution in [3.63, 3.8) is 0 Å². The minimum absolute atomic E-state index is 0.146. The van der Waals surface area contributed by atoms with Crippen molar-refractivity contribution in [3.8, 4) is 0 Å². The lowest BCUT2D eigenvalue weighted by atomic mass is 10.1. The normalized spacial score (nSPS) is 13.2. The van der Waals surface area contributed by atoms with Gasteiger partial charge >= 0.3 is 0 Å². The molecule has 5 nitrogen and oxygen atoms in total. The Hall–Kier alpha value is -3.18. The van der Waals surface area contributed by atoms with E-state index in [1.807, 2.05) is 36.4 Å². The van der Waals surface area contributed by atoms with Crippen molar-refractivity contribution < 1.29 is 9.59 Å². The highest BCUT2D eigenvalue weighted by molar-refractivity contribution is 6.30. The molecular formula is C23H20ClN3O2. The van der Waals surface area contributed by atoms with Gasteiger partial charge in [-0.3, -0.25) is 19.5 Å². The van der Waals surface area contributed by atoms with Crippen LogP contribution in [0.5, 0.6) is 0 Å². The summed E-state index contributed by atoms with van der Waals surface area (Å²) in [5, 5.41) is 0.665. The summed E-state index contributed by atoms with van der Waals surface area (Å²) in [5.41, 5.74) is 3.49. The lowest BCUT2D eigenvalue weighted by Crippen LogP contribution is -2.29. The number of rotatable bonds is 5. The highest BCUT2D eigenvalue weighted by atomic mass is 35.5. The second kappa shape index (κ2) is 7.68. The number of carbonyl (C=O) groups is 2. The summed E-state index contributed by atoms with van der Waals surface area (Å²) in [7, 11) is 0. The van der Waals surface area contributed by atoms with Crippen LogP contribution in [0.3, 0.4) is 0 Å². The minimum atomic E-state index is -0.282. The second-order valence-corrected chi connectivity index (χ2v) is 7.66. The number of halogens is 1. The van der Waals surface area contributed by atoms with Crippen molar-refractivity contribution in [1.29, 1.82) is 0 Å². The summed E-state index contributed by atoms with van der Waals surface area (Å²) in [6.45, 7) is 4.35. The van der Waals surface area contributed by atoms with Crippen LogP contribution in [0.1, 0.15) is 40.1 Å². The molecule has 2 amide bonds. The van der Waals surface area contributed by atoms with Gasteiger partial charge in [-0.15, -0.1) is 0 Å². The Morgan fingerprint density at radius 3 is 2.31 bits per heavy atom. The van der Waals surface area contributed by atoms with E-state index in [9.17, 15) is 9.59 Å². The largest absolute Gasteiger partial charge is 0.339 e. The average molecular weight is 406 g/mol. The molecule has 1 aliphatic heterocycles. The maximum absolute atomic E-state index is 13.0. The number of aromatic nitrogens is 1. The predicted molar refractivity (Wildman–Crippen MR) is 114 cm³/mol. The third kappa shape index (κ3) is 3.61. The molecule has 0 spiro atoms. The molecule has 0 bridgehead atoms. The molecule has 1 aromatic heterocycles. The zero-order valence-electron chi connectivity index (χ0n) is 16.2. The van der Waals surface area contributed by atoms with E-state index in [1.165, 1.54) is 4.90 Å². The molecule has 6 heteroatoms. The molecule has 3 aromatic rings. The van der Waals surface area contributed by atoms with Crippen molar-refractivity contribution in [2.45, 2.75) is 26.4 Å². The Kier molecular flexibility index (Phi) is 5.07. The van der Waals surface area contributed by atoms with Crippen LogP contribution in [0.2, 0.25) is 5.02 Å². The molecule has 4 rings (SSSR count). The van der Waals surface area contributed by atoms with Crippen LogP contribution in [-0.2, 0) is 6.54 Å². The van der Waals surface area contributed by atoms with E-state index in [4.69, 9.17) is 11.6 Å². The molecule has 29 heavy (non-hydrogen) atoms. The Bertz CT molecular complexity index is 1070.